The molecule has 1 aliphatic rings. The molecular weight excluding hydrogens is 325 g/mol. The van der Waals surface area contributed by atoms with Crippen LogP contribution in [-0.2, 0) is 11.8 Å². The number of alkyl halides is 3. The van der Waals surface area contributed by atoms with Gasteiger partial charge >= 0.3 is 11.9 Å². The molecule has 2 aromatic rings. The van der Waals surface area contributed by atoms with Crippen molar-refractivity contribution in [2.75, 3.05) is 5.32 Å². The maximum atomic E-state index is 12.8. The second-order valence-corrected chi connectivity index (χ2v) is 6.20. The molecule has 1 fully saturated rings. The summed E-state index contributed by atoms with van der Waals surface area (Å²) in [6.45, 7) is 0. The second-order valence-electron chi connectivity index (χ2n) is 6.20. The summed E-state index contributed by atoms with van der Waals surface area (Å²) in [6, 6.07) is 4.72. The first-order chi connectivity index (χ1) is 11.3. The van der Waals surface area contributed by atoms with Crippen molar-refractivity contribution in [3.63, 3.8) is 0 Å². The molecule has 1 aromatic heterocycles. The van der Waals surface area contributed by atoms with E-state index < -0.39 is 29.7 Å². The molecule has 0 saturated heterocycles. The van der Waals surface area contributed by atoms with Gasteiger partial charge in [-0.3, -0.25) is 9.36 Å². The minimum Gasteiger partial charge on any atom is -0.408 e. The molecule has 130 valence electrons. The highest BCUT2D eigenvalue weighted by Gasteiger charge is 2.43. The Hall–Kier alpha value is -2.25. The van der Waals surface area contributed by atoms with Gasteiger partial charge in [-0.25, -0.2) is 4.79 Å². The number of hydrogen-bond acceptors (Lipinski definition) is 3. The molecular formula is C16H17F3N2O3. The predicted octanol–water partition coefficient (Wildman–Crippen LogP) is 3.44. The first kappa shape index (κ1) is 16.6. The fraction of sp³-hybridized carbons (Fsp3) is 0.500. The Kier molecular flexibility index (Phi) is 4.15. The van der Waals surface area contributed by atoms with Crippen molar-refractivity contribution in [3.8, 4) is 0 Å². The maximum absolute atomic E-state index is 12.8. The van der Waals surface area contributed by atoms with E-state index in [1.165, 1.54) is 10.6 Å². The van der Waals surface area contributed by atoms with Crippen LogP contribution in [0.3, 0.4) is 0 Å². The van der Waals surface area contributed by atoms with Gasteiger partial charge in [-0.1, -0.05) is 6.42 Å². The van der Waals surface area contributed by atoms with E-state index in [1.54, 1.807) is 19.2 Å². The number of oxazole rings is 1. The Morgan fingerprint density at radius 1 is 1.33 bits per heavy atom. The summed E-state index contributed by atoms with van der Waals surface area (Å²) in [4.78, 5) is 23.7. The number of aryl methyl sites for hydroxylation is 1. The van der Waals surface area contributed by atoms with Gasteiger partial charge in [-0.15, -0.1) is 0 Å². The van der Waals surface area contributed by atoms with Gasteiger partial charge in [0.15, 0.2) is 5.58 Å². The van der Waals surface area contributed by atoms with Gasteiger partial charge in [-0.05, 0) is 31.4 Å². The third-order valence-corrected chi connectivity index (χ3v) is 4.57. The van der Waals surface area contributed by atoms with E-state index in [9.17, 15) is 22.8 Å². The monoisotopic (exact) mass is 342 g/mol. The van der Waals surface area contributed by atoms with Gasteiger partial charge in [0.1, 0.15) is 0 Å². The van der Waals surface area contributed by atoms with Crippen molar-refractivity contribution in [3.05, 3.63) is 28.7 Å². The Morgan fingerprint density at radius 3 is 2.79 bits per heavy atom. The molecule has 1 amide bonds. The zero-order chi connectivity index (χ0) is 17.5. The average Bonchev–Trinajstić information content (AvgIpc) is 2.81. The molecule has 1 aromatic carbocycles. The number of nitrogens with zero attached hydrogens (tertiary/aromatic N) is 1. The molecule has 2 atom stereocenters. The van der Waals surface area contributed by atoms with Crippen LogP contribution in [0.25, 0.3) is 11.1 Å². The summed E-state index contributed by atoms with van der Waals surface area (Å²) in [5.74, 6) is -3.03. The van der Waals surface area contributed by atoms with E-state index >= 15 is 0 Å². The molecule has 0 bridgehead atoms. The van der Waals surface area contributed by atoms with Crippen LogP contribution in [0.1, 0.15) is 25.7 Å². The standard InChI is InChI=1S/C16H17F3N2O3/c1-21-12-6-5-11(8-13(12)24-15(21)23)20-14(22)9-3-2-4-10(7-9)16(17,18)19/h5-6,8-10H,2-4,7H2,1H3,(H,20,22)/t9-,10+/m1/s1. The van der Waals surface area contributed by atoms with E-state index in [0.717, 1.165) is 0 Å². The van der Waals surface area contributed by atoms with Gasteiger partial charge < -0.3 is 9.73 Å². The third kappa shape index (κ3) is 3.18. The largest absolute Gasteiger partial charge is 0.419 e. The number of anilines is 1. The number of carbonyl (C=O) groups is 1. The zero-order valence-electron chi connectivity index (χ0n) is 13.0. The normalized spacial score (nSPS) is 21.8. The molecule has 5 nitrogen and oxygen atoms in total. The van der Waals surface area contributed by atoms with Crippen LogP contribution in [0, 0.1) is 11.8 Å². The molecule has 1 saturated carbocycles. The highest BCUT2D eigenvalue weighted by molar-refractivity contribution is 5.94. The number of rotatable bonds is 2. The summed E-state index contributed by atoms with van der Waals surface area (Å²) in [5, 5.41) is 2.63. The van der Waals surface area contributed by atoms with Crippen LogP contribution in [-0.4, -0.2) is 16.7 Å². The van der Waals surface area contributed by atoms with Gasteiger partial charge in [0.05, 0.1) is 11.4 Å². The minimum absolute atomic E-state index is 0.0778. The average molecular weight is 342 g/mol. The molecule has 1 aliphatic carbocycles. The van der Waals surface area contributed by atoms with Crippen LogP contribution in [0.15, 0.2) is 27.4 Å². The van der Waals surface area contributed by atoms with Crippen LogP contribution < -0.4 is 11.1 Å². The van der Waals surface area contributed by atoms with E-state index in [4.69, 9.17) is 4.42 Å². The molecule has 0 radical (unpaired) electrons. The quantitative estimate of drug-likeness (QED) is 0.909. The lowest BCUT2D eigenvalue weighted by Gasteiger charge is -2.29. The van der Waals surface area contributed by atoms with E-state index in [1.807, 2.05) is 0 Å². The lowest BCUT2D eigenvalue weighted by Crippen LogP contribution is -2.34. The fourth-order valence-corrected chi connectivity index (χ4v) is 3.18. The first-order valence-electron chi connectivity index (χ1n) is 7.73. The van der Waals surface area contributed by atoms with E-state index in [2.05, 4.69) is 5.32 Å². The summed E-state index contributed by atoms with van der Waals surface area (Å²) in [6.07, 6.45) is -3.53. The van der Waals surface area contributed by atoms with Crippen molar-refractivity contribution >= 4 is 22.7 Å². The summed E-state index contributed by atoms with van der Waals surface area (Å²) >= 11 is 0. The summed E-state index contributed by atoms with van der Waals surface area (Å²) < 4.78 is 44.9. The van der Waals surface area contributed by atoms with Gasteiger partial charge in [0.2, 0.25) is 5.91 Å². The smallest absolute Gasteiger partial charge is 0.408 e. The second kappa shape index (κ2) is 5.99. The number of benzene rings is 1. The SMILES string of the molecule is Cn1c(=O)oc2cc(NC(=O)[C@@H]3CCC[C@H](C(F)(F)F)C3)ccc21. The Bertz CT molecular complexity index is 822. The zero-order valence-corrected chi connectivity index (χ0v) is 13.0. The number of halogens is 3. The van der Waals surface area contributed by atoms with Gasteiger partial charge in [-0.2, -0.15) is 13.2 Å². The highest BCUT2D eigenvalue weighted by atomic mass is 19.4. The fourth-order valence-electron chi connectivity index (χ4n) is 3.18. The lowest BCUT2D eigenvalue weighted by atomic mass is 9.80. The molecule has 1 heterocycles. The molecule has 3 rings (SSSR count). The van der Waals surface area contributed by atoms with E-state index in [-0.39, 0.29) is 12.8 Å². The van der Waals surface area contributed by atoms with Crippen LogP contribution in [0.4, 0.5) is 18.9 Å². The van der Waals surface area contributed by atoms with Crippen molar-refractivity contribution < 1.29 is 22.4 Å². The summed E-state index contributed by atoms with van der Waals surface area (Å²) in [7, 11) is 1.56. The number of hydrogen-bond donors (Lipinski definition) is 1. The first-order valence-corrected chi connectivity index (χ1v) is 7.73. The highest BCUT2D eigenvalue weighted by Crippen LogP contribution is 2.40. The molecule has 0 spiro atoms. The number of aromatic nitrogens is 1. The Morgan fingerprint density at radius 2 is 2.08 bits per heavy atom. The molecule has 24 heavy (non-hydrogen) atoms. The molecule has 1 N–H and O–H groups in total. The topological polar surface area (TPSA) is 64.2 Å². The number of fused-ring (bicyclic) bond motifs is 1. The Labute approximate surface area is 135 Å². The van der Waals surface area contributed by atoms with Crippen molar-refractivity contribution in [1.82, 2.24) is 4.57 Å². The van der Waals surface area contributed by atoms with Crippen molar-refractivity contribution in [2.45, 2.75) is 31.9 Å². The molecule has 0 aliphatic heterocycles. The minimum atomic E-state index is -4.26. The maximum Gasteiger partial charge on any atom is 0.419 e. The van der Waals surface area contributed by atoms with Crippen LogP contribution in [0.2, 0.25) is 0 Å². The van der Waals surface area contributed by atoms with E-state index in [0.29, 0.717) is 29.6 Å². The number of carbonyl (C=O) groups excluding carboxylic acids is 1. The Balaban J connectivity index is 1.73. The van der Waals surface area contributed by atoms with Gasteiger partial charge in [0.25, 0.3) is 0 Å². The van der Waals surface area contributed by atoms with Gasteiger partial charge in [0, 0.05) is 24.7 Å². The third-order valence-electron chi connectivity index (χ3n) is 4.57. The number of nitrogens with one attached hydrogen (secondary N) is 1. The van der Waals surface area contributed by atoms with Crippen molar-refractivity contribution in [2.24, 2.45) is 18.9 Å². The lowest BCUT2D eigenvalue weighted by molar-refractivity contribution is -0.185. The van der Waals surface area contributed by atoms with Crippen LogP contribution >= 0.6 is 0 Å². The molecule has 8 heteroatoms. The van der Waals surface area contributed by atoms with Crippen molar-refractivity contribution in [1.29, 1.82) is 0 Å². The number of amides is 1. The predicted molar refractivity (Wildman–Crippen MR) is 81.6 cm³/mol. The molecule has 0 unspecified atom stereocenters. The summed E-state index contributed by atoms with van der Waals surface area (Å²) in [5.41, 5.74) is 1.29. The van der Waals surface area contributed by atoms with Crippen LogP contribution in [0.5, 0.6) is 0 Å².